The van der Waals surface area contributed by atoms with Crippen LogP contribution in [0, 0.1) is 5.41 Å². The Labute approximate surface area is 77.2 Å². The number of rotatable bonds is 5. The fourth-order valence-corrected chi connectivity index (χ4v) is 1.27. The van der Waals surface area contributed by atoms with Gasteiger partial charge in [0.1, 0.15) is 0 Å². The second-order valence-electron chi connectivity index (χ2n) is 5.01. The van der Waals surface area contributed by atoms with Crippen molar-refractivity contribution in [3.63, 3.8) is 0 Å². The zero-order valence-electron chi connectivity index (χ0n) is 9.06. The van der Waals surface area contributed by atoms with Gasteiger partial charge in [-0.05, 0) is 25.2 Å². The van der Waals surface area contributed by atoms with Crippen molar-refractivity contribution in [2.75, 3.05) is 0 Å². The van der Waals surface area contributed by atoms with E-state index in [0.29, 0.717) is 5.41 Å². The zero-order valence-corrected chi connectivity index (χ0v) is 9.06. The molecule has 0 radical (unpaired) electrons. The molecule has 0 aliphatic rings. The second-order valence-corrected chi connectivity index (χ2v) is 5.01. The lowest BCUT2D eigenvalue weighted by Crippen LogP contribution is -2.04. The lowest BCUT2D eigenvalue weighted by Gasteiger charge is -2.17. The summed E-state index contributed by atoms with van der Waals surface area (Å²) in [5, 5.41) is 9.01. The van der Waals surface area contributed by atoms with Crippen molar-refractivity contribution in [2.24, 2.45) is 5.41 Å². The fraction of sp³-hybridized carbons (Fsp3) is 1.00. The zero-order chi connectivity index (χ0) is 9.61. The van der Waals surface area contributed by atoms with Crippen LogP contribution in [0.2, 0.25) is 0 Å². The molecule has 1 N–H and O–H groups in total. The largest absolute Gasteiger partial charge is 0.393 e. The van der Waals surface area contributed by atoms with Gasteiger partial charge in [-0.2, -0.15) is 0 Å². The molecular weight excluding hydrogens is 148 g/mol. The molecule has 0 aliphatic carbocycles. The molecule has 74 valence electrons. The maximum absolute atomic E-state index is 9.01. The van der Waals surface area contributed by atoms with Crippen molar-refractivity contribution in [1.82, 2.24) is 0 Å². The number of aliphatic hydroxyl groups is 1. The van der Waals surface area contributed by atoms with Gasteiger partial charge in [-0.1, -0.05) is 40.0 Å². The average Bonchev–Trinajstić information content (AvgIpc) is 1.83. The second kappa shape index (κ2) is 5.58. The summed E-state index contributed by atoms with van der Waals surface area (Å²) in [4.78, 5) is 0. The molecule has 1 unspecified atom stereocenters. The number of hydrogen-bond donors (Lipinski definition) is 1. The lowest BCUT2D eigenvalue weighted by molar-refractivity contribution is 0.179. The molecule has 1 atom stereocenters. The molecule has 0 aromatic heterocycles. The minimum atomic E-state index is -0.111. The summed E-state index contributed by atoms with van der Waals surface area (Å²) in [6.45, 7) is 8.70. The van der Waals surface area contributed by atoms with Gasteiger partial charge in [0.25, 0.3) is 0 Å². The Bertz CT molecular complexity index is 100. The third kappa shape index (κ3) is 9.96. The minimum absolute atomic E-state index is 0.111. The van der Waals surface area contributed by atoms with E-state index in [0.717, 1.165) is 6.42 Å². The van der Waals surface area contributed by atoms with E-state index in [1.165, 1.54) is 25.7 Å². The Morgan fingerprint density at radius 3 is 2.08 bits per heavy atom. The fourth-order valence-electron chi connectivity index (χ4n) is 1.27. The molecule has 0 rings (SSSR count). The van der Waals surface area contributed by atoms with Crippen molar-refractivity contribution >= 4 is 0 Å². The van der Waals surface area contributed by atoms with Crippen LogP contribution in [0.1, 0.15) is 59.8 Å². The van der Waals surface area contributed by atoms with Crippen LogP contribution in [-0.2, 0) is 0 Å². The van der Waals surface area contributed by atoms with Gasteiger partial charge >= 0.3 is 0 Å². The van der Waals surface area contributed by atoms with Gasteiger partial charge in [-0.15, -0.1) is 0 Å². The molecule has 0 fully saturated rings. The van der Waals surface area contributed by atoms with Crippen LogP contribution in [0.4, 0.5) is 0 Å². The molecule has 1 nitrogen and oxygen atoms in total. The lowest BCUT2D eigenvalue weighted by atomic mass is 9.89. The molecule has 12 heavy (non-hydrogen) atoms. The SMILES string of the molecule is CC(O)CCCCCC(C)(C)C. The molecule has 0 heterocycles. The third-order valence-electron chi connectivity index (χ3n) is 2.05. The Balaban J connectivity index is 3.12. The number of unbranched alkanes of at least 4 members (excludes halogenated alkanes) is 2. The Hall–Kier alpha value is -0.0400. The Morgan fingerprint density at radius 1 is 1.08 bits per heavy atom. The van der Waals surface area contributed by atoms with Crippen molar-refractivity contribution in [3.05, 3.63) is 0 Å². The highest BCUT2D eigenvalue weighted by Crippen LogP contribution is 2.22. The van der Waals surface area contributed by atoms with Crippen LogP contribution in [0.25, 0.3) is 0 Å². The first kappa shape index (κ1) is 12.0. The average molecular weight is 172 g/mol. The van der Waals surface area contributed by atoms with Crippen LogP contribution >= 0.6 is 0 Å². The van der Waals surface area contributed by atoms with E-state index >= 15 is 0 Å². The molecular formula is C11H24O. The van der Waals surface area contributed by atoms with Crippen LogP contribution in [0.3, 0.4) is 0 Å². The summed E-state index contributed by atoms with van der Waals surface area (Å²) in [5.41, 5.74) is 0.477. The Morgan fingerprint density at radius 2 is 1.67 bits per heavy atom. The first-order chi connectivity index (χ1) is 5.42. The van der Waals surface area contributed by atoms with Crippen molar-refractivity contribution < 1.29 is 5.11 Å². The van der Waals surface area contributed by atoms with Gasteiger partial charge in [-0.25, -0.2) is 0 Å². The van der Waals surface area contributed by atoms with Crippen LogP contribution in [-0.4, -0.2) is 11.2 Å². The molecule has 0 amide bonds. The summed E-state index contributed by atoms with van der Waals surface area (Å²) in [7, 11) is 0. The maximum Gasteiger partial charge on any atom is 0.0512 e. The van der Waals surface area contributed by atoms with E-state index in [1.807, 2.05) is 6.92 Å². The molecule has 0 spiro atoms. The van der Waals surface area contributed by atoms with Gasteiger partial charge in [0.15, 0.2) is 0 Å². The monoisotopic (exact) mass is 172 g/mol. The van der Waals surface area contributed by atoms with E-state index < -0.39 is 0 Å². The van der Waals surface area contributed by atoms with Crippen LogP contribution in [0.15, 0.2) is 0 Å². The van der Waals surface area contributed by atoms with Crippen LogP contribution in [0.5, 0.6) is 0 Å². The van der Waals surface area contributed by atoms with E-state index in [9.17, 15) is 0 Å². The quantitative estimate of drug-likeness (QED) is 0.630. The van der Waals surface area contributed by atoms with Gasteiger partial charge < -0.3 is 5.11 Å². The Kier molecular flexibility index (Phi) is 5.56. The van der Waals surface area contributed by atoms with E-state index in [4.69, 9.17) is 5.11 Å². The number of aliphatic hydroxyl groups excluding tert-OH is 1. The molecule has 0 saturated carbocycles. The highest BCUT2D eigenvalue weighted by atomic mass is 16.3. The summed E-state index contributed by atoms with van der Waals surface area (Å²) < 4.78 is 0. The van der Waals surface area contributed by atoms with Crippen molar-refractivity contribution in [1.29, 1.82) is 0 Å². The smallest absolute Gasteiger partial charge is 0.0512 e. The van der Waals surface area contributed by atoms with Gasteiger partial charge in [0, 0.05) is 0 Å². The highest BCUT2D eigenvalue weighted by Gasteiger charge is 2.08. The molecule has 0 aromatic rings. The highest BCUT2D eigenvalue weighted by molar-refractivity contribution is 4.61. The van der Waals surface area contributed by atoms with E-state index in [2.05, 4.69) is 20.8 Å². The molecule has 0 bridgehead atoms. The van der Waals surface area contributed by atoms with Crippen molar-refractivity contribution in [3.8, 4) is 0 Å². The van der Waals surface area contributed by atoms with Crippen LogP contribution < -0.4 is 0 Å². The van der Waals surface area contributed by atoms with Gasteiger partial charge in [0.2, 0.25) is 0 Å². The third-order valence-corrected chi connectivity index (χ3v) is 2.05. The molecule has 0 saturated heterocycles. The predicted octanol–water partition coefficient (Wildman–Crippen LogP) is 3.36. The maximum atomic E-state index is 9.01. The molecule has 0 aliphatic heterocycles. The first-order valence-corrected chi connectivity index (χ1v) is 5.10. The summed E-state index contributed by atoms with van der Waals surface area (Å²) >= 11 is 0. The topological polar surface area (TPSA) is 20.2 Å². The first-order valence-electron chi connectivity index (χ1n) is 5.10. The number of hydrogen-bond acceptors (Lipinski definition) is 1. The standard InChI is InChI=1S/C11H24O/c1-10(12)8-6-5-7-9-11(2,3)4/h10,12H,5-9H2,1-4H3. The van der Waals surface area contributed by atoms with E-state index in [-0.39, 0.29) is 6.10 Å². The van der Waals surface area contributed by atoms with Gasteiger partial charge in [0.05, 0.1) is 6.10 Å². The summed E-state index contributed by atoms with van der Waals surface area (Å²) in [6, 6.07) is 0. The predicted molar refractivity (Wildman–Crippen MR) is 54.2 cm³/mol. The minimum Gasteiger partial charge on any atom is -0.393 e. The van der Waals surface area contributed by atoms with E-state index in [1.54, 1.807) is 0 Å². The van der Waals surface area contributed by atoms with Gasteiger partial charge in [-0.3, -0.25) is 0 Å². The molecule has 1 heteroatoms. The summed E-state index contributed by atoms with van der Waals surface area (Å²) in [5.74, 6) is 0. The summed E-state index contributed by atoms with van der Waals surface area (Å²) in [6.07, 6.45) is 5.89. The molecule has 0 aromatic carbocycles. The normalized spacial score (nSPS) is 14.8. The van der Waals surface area contributed by atoms with Crippen molar-refractivity contribution in [2.45, 2.75) is 65.9 Å².